The monoisotopic (exact) mass is 344 g/mol. The maximum atomic E-state index is 5.72. The summed E-state index contributed by atoms with van der Waals surface area (Å²) in [5.41, 5.74) is 3.69. The van der Waals surface area contributed by atoms with Gasteiger partial charge in [-0.2, -0.15) is 20.5 Å². The van der Waals surface area contributed by atoms with Gasteiger partial charge in [-0.15, -0.1) is 0 Å². The molecule has 1 aliphatic heterocycles. The molecule has 3 heterocycles. The highest BCUT2D eigenvalue weighted by atomic mass is 16.5. The van der Waals surface area contributed by atoms with Crippen molar-refractivity contribution in [1.82, 2.24) is 30.1 Å². The van der Waals surface area contributed by atoms with Crippen LogP contribution in [0.2, 0.25) is 0 Å². The molecule has 1 saturated heterocycles. The number of nitrogens with one attached hydrogen (secondary N) is 1. The lowest BCUT2D eigenvalue weighted by Crippen LogP contribution is -2.23. The second kappa shape index (κ2) is 7.25. The predicted octanol–water partition coefficient (Wildman–Crippen LogP) is 2.20. The Morgan fingerprint density at radius 2 is 2.08 bits per heavy atom. The van der Waals surface area contributed by atoms with Crippen LogP contribution in [0.25, 0.3) is 0 Å². The highest BCUT2D eigenvalue weighted by Gasteiger charge is 2.36. The Balaban J connectivity index is 1.49. The molecule has 1 aliphatic carbocycles. The van der Waals surface area contributed by atoms with Gasteiger partial charge < -0.3 is 4.74 Å². The zero-order valence-electron chi connectivity index (χ0n) is 15.2. The number of aromatic amines is 1. The highest BCUT2D eigenvalue weighted by molar-refractivity contribution is 5.22. The van der Waals surface area contributed by atoms with Crippen molar-refractivity contribution >= 4 is 0 Å². The third-order valence-electron chi connectivity index (χ3n) is 5.78. The van der Waals surface area contributed by atoms with Crippen LogP contribution in [0, 0.1) is 0 Å². The quantitative estimate of drug-likeness (QED) is 0.900. The van der Waals surface area contributed by atoms with E-state index >= 15 is 0 Å². The van der Waals surface area contributed by atoms with Crippen LogP contribution in [-0.4, -0.2) is 56.4 Å². The van der Waals surface area contributed by atoms with Crippen LogP contribution in [0.15, 0.2) is 12.4 Å². The van der Waals surface area contributed by atoms with Crippen LogP contribution in [0.4, 0.5) is 0 Å². The molecule has 2 aromatic rings. The van der Waals surface area contributed by atoms with Crippen molar-refractivity contribution in [1.29, 1.82) is 0 Å². The molecule has 0 amide bonds. The summed E-state index contributed by atoms with van der Waals surface area (Å²) in [6, 6.07) is 0. The zero-order chi connectivity index (χ0) is 17.2. The molecule has 0 radical (unpaired) electrons. The Labute approximate surface area is 148 Å². The molecular weight excluding hydrogens is 316 g/mol. The first kappa shape index (κ1) is 16.7. The first-order valence-corrected chi connectivity index (χ1v) is 9.38. The fourth-order valence-electron chi connectivity index (χ4n) is 4.53. The summed E-state index contributed by atoms with van der Waals surface area (Å²) in [4.78, 5) is 2.47. The molecule has 2 aromatic heterocycles. The number of rotatable bonds is 5. The topological polar surface area (TPSA) is 71.9 Å². The summed E-state index contributed by atoms with van der Waals surface area (Å²) in [5, 5.41) is 15.8. The van der Waals surface area contributed by atoms with E-state index in [1.165, 1.54) is 43.4 Å². The second-order valence-electron chi connectivity index (χ2n) is 7.52. The third kappa shape index (κ3) is 3.48. The number of aryl methyl sites for hydroxylation is 1. The van der Waals surface area contributed by atoms with Crippen LogP contribution in [0.1, 0.15) is 60.9 Å². The van der Waals surface area contributed by atoms with Gasteiger partial charge in [0.2, 0.25) is 0 Å². The number of hydrogen-bond donors (Lipinski definition) is 1. The second-order valence-corrected chi connectivity index (χ2v) is 7.52. The van der Waals surface area contributed by atoms with Gasteiger partial charge in [-0.25, -0.2) is 0 Å². The fourth-order valence-corrected chi connectivity index (χ4v) is 4.53. The first-order valence-electron chi connectivity index (χ1n) is 9.38. The molecule has 25 heavy (non-hydrogen) atoms. The lowest BCUT2D eigenvalue weighted by molar-refractivity contribution is 0.0957. The zero-order valence-corrected chi connectivity index (χ0v) is 15.2. The molecule has 7 nitrogen and oxygen atoms in total. The van der Waals surface area contributed by atoms with E-state index in [0.717, 1.165) is 25.3 Å². The van der Waals surface area contributed by atoms with Gasteiger partial charge >= 0.3 is 0 Å². The Morgan fingerprint density at radius 1 is 1.24 bits per heavy atom. The standard InChI is InChI=1S/C18H28N6O/c1-23-9-14(18(21-23)13-6-4-3-5-7-13)10-24-11-15(17(12-24)25-2)16-8-19-22-20-16/h8-9,13,15,17H,3-7,10-12H2,1-2H3,(H,19,20,22)/t15-,17+/m0/s1. The Bertz CT molecular complexity index is 676. The molecule has 0 bridgehead atoms. The molecule has 0 unspecified atom stereocenters. The summed E-state index contributed by atoms with van der Waals surface area (Å²) >= 11 is 0. The van der Waals surface area contributed by atoms with E-state index in [4.69, 9.17) is 9.84 Å². The van der Waals surface area contributed by atoms with E-state index in [2.05, 4.69) is 26.5 Å². The van der Waals surface area contributed by atoms with Crippen molar-refractivity contribution in [2.75, 3.05) is 20.2 Å². The fraction of sp³-hybridized carbons (Fsp3) is 0.722. The van der Waals surface area contributed by atoms with Gasteiger partial charge in [0.15, 0.2) is 0 Å². The van der Waals surface area contributed by atoms with Crippen LogP contribution in [0.3, 0.4) is 0 Å². The Hall–Kier alpha value is -1.73. The van der Waals surface area contributed by atoms with Gasteiger partial charge in [0.05, 0.1) is 23.7 Å². The molecular formula is C18H28N6O. The van der Waals surface area contributed by atoms with Crippen molar-refractivity contribution in [2.24, 2.45) is 7.05 Å². The minimum absolute atomic E-state index is 0.167. The normalized spacial score (nSPS) is 25.7. The molecule has 0 aromatic carbocycles. The molecule has 2 aliphatic rings. The molecule has 2 fully saturated rings. The number of likely N-dealkylation sites (tertiary alicyclic amines) is 1. The van der Waals surface area contributed by atoms with Gasteiger partial charge in [-0.1, -0.05) is 19.3 Å². The lowest BCUT2D eigenvalue weighted by Gasteiger charge is -2.22. The van der Waals surface area contributed by atoms with Crippen molar-refractivity contribution in [3.05, 3.63) is 29.3 Å². The number of H-pyrrole nitrogens is 1. The summed E-state index contributed by atoms with van der Waals surface area (Å²) < 4.78 is 7.71. The number of aromatic nitrogens is 5. The largest absolute Gasteiger partial charge is 0.379 e. The van der Waals surface area contributed by atoms with Gasteiger partial charge in [-0.05, 0) is 12.8 Å². The van der Waals surface area contributed by atoms with Crippen LogP contribution < -0.4 is 0 Å². The van der Waals surface area contributed by atoms with E-state index in [1.807, 2.05) is 17.9 Å². The third-order valence-corrected chi connectivity index (χ3v) is 5.78. The minimum Gasteiger partial charge on any atom is -0.379 e. The Kier molecular flexibility index (Phi) is 4.85. The number of methoxy groups -OCH3 is 1. The van der Waals surface area contributed by atoms with E-state index in [1.54, 1.807) is 7.11 Å². The van der Waals surface area contributed by atoms with Crippen molar-refractivity contribution in [3.63, 3.8) is 0 Å². The average Bonchev–Trinajstić information content (AvgIpc) is 3.35. The number of hydrogen-bond acceptors (Lipinski definition) is 5. The van der Waals surface area contributed by atoms with Crippen molar-refractivity contribution in [3.8, 4) is 0 Å². The lowest BCUT2D eigenvalue weighted by atomic mass is 9.85. The summed E-state index contributed by atoms with van der Waals surface area (Å²) in [5.74, 6) is 0.913. The van der Waals surface area contributed by atoms with Crippen molar-refractivity contribution in [2.45, 2.75) is 56.6 Å². The minimum atomic E-state index is 0.167. The van der Waals surface area contributed by atoms with Crippen LogP contribution >= 0.6 is 0 Å². The number of ether oxygens (including phenoxy) is 1. The smallest absolute Gasteiger partial charge is 0.0894 e. The molecule has 4 rings (SSSR count). The molecule has 136 valence electrons. The molecule has 2 atom stereocenters. The molecule has 7 heteroatoms. The maximum absolute atomic E-state index is 5.72. The van der Waals surface area contributed by atoms with Gasteiger partial charge in [0.25, 0.3) is 0 Å². The summed E-state index contributed by atoms with van der Waals surface area (Å²) in [7, 11) is 3.83. The highest BCUT2D eigenvalue weighted by Crippen LogP contribution is 2.35. The van der Waals surface area contributed by atoms with Gasteiger partial charge in [-0.3, -0.25) is 9.58 Å². The van der Waals surface area contributed by atoms with E-state index in [-0.39, 0.29) is 12.0 Å². The van der Waals surface area contributed by atoms with Gasteiger partial charge in [0, 0.05) is 57.4 Å². The summed E-state index contributed by atoms with van der Waals surface area (Å²) in [6.45, 7) is 2.81. The van der Waals surface area contributed by atoms with Crippen LogP contribution in [-0.2, 0) is 18.3 Å². The van der Waals surface area contributed by atoms with Crippen LogP contribution in [0.5, 0.6) is 0 Å². The predicted molar refractivity (Wildman–Crippen MR) is 94.2 cm³/mol. The van der Waals surface area contributed by atoms with Gasteiger partial charge in [0.1, 0.15) is 0 Å². The van der Waals surface area contributed by atoms with E-state index in [9.17, 15) is 0 Å². The maximum Gasteiger partial charge on any atom is 0.0894 e. The summed E-state index contributed by atoms with van der Waals surface area (Å²) in [6.07, 6.45) is 10.8. The van der Waals surface area contributed by atoms with E-state index < -0.39 is 0 Å². The van der Waals surface area contributed by atoms with Crippen molar-refractivity contribution < 1.29 is 4.74 Å². The first-order chi connectivity index (χ1) is 12.2. The molecule has 1 saturated carbocycles. The van der Waals surface area contributed by atoms with E-state index in [0.29, 0.717) is 5.92 Å². The average molecular weight is 344 g/mol. The Morgan fingerprint density at radius 3 is 2.80 bits per heavy atom. The number of nitrogens with zero attached hydrogens (tertiary/aromatic N) is 5. The molecule has 0 spiro atoms. The molecule has 1 N–H and O–H groups in total. The SMILES string of the molecule is CO[C@@H]1CN(Cc2cn(C)nc2C2CCCCC2)C[C@H]1c1cn[nH]n1.